The van der Waals surface area contributed by atoms with Crippen molar-refractivity contribution in [2.45, 2.75) is 18.9 Å². The van der Waals surface area contributed by atoms with Crippen molar-refractivity contribution in [3.63, 3.8) is 0 Å². The number of carboxylic acids is 1. The van der Waals surface area contributed by atoms with Gasteiger partial charge < -0.3 is 20.3 Å². The van der Waals surface area contributed by atoms with Crippen LogP contribution < -0.4 is 10.2 Å². The summed E-state index contributed by atoms with van der Waals surface area (Å²) in [5, 5.41) is 19.0. The van der Waals surface area contributed by atoms with E-state index in [9.17, 15) is 14.7 Å². The van der Waals surface area contributed by atoms with E-state index in [1.54, 1.807) is 23.1 Å². The van der Waals surface area contributed by atoms with Gasteiger partial charge in [0.1, 0.15) is 17.6 Å². The zero-order valence-corrected chi connectivity index (χ0v) is 16.4. The Kier molecular flexibility index (Phi) is 4.58. The van der Waals surface area contributed by atoms with Crippen LogP contribution in [0.25, 0.3) is 22.6 Å². The fraction of sp³-hybridized carbons (Fsp3) is 0.190. The summed E-state index contributed by atoms with van der Waals surface area (Å²) in [4.78, 5) is 37.7. The molecule has 1 atom stereocenters. The average Bonchev–Trinajstić information content (AvgIpc) is 3.52. The van der Waals surface area contributed by atoms with Gasteiger partial charge in [-0.2, -0.15) is 5.10 Å². The molecule has 1 amide bonds. The highest BCUT2D eigenvalue weighted by molar-refractivity contribution is 6.03. The molecule has 10 heteroatoms. The van der Waals surface area contributed by atoms with Crippen LogP contribution in [-0.2, 0) is 4.79 Å². The van der Waals surface area contributed by atoms with Gasteiger partial charge in [0, 0.05) is 18.8 Å². The van der Waals surface area contributed by atoms with E-state index in [1.165, 1.54) is 6.20 Å². The van der Waals surface area contributed by atoms with Crippen molar-refractivity contribution < 1.29 is 14.7 Å². The number of nitrogens with one attached hydrogen (secondary N) is 3. The van der Waals surface area contributed by atoms with E-state index < -0.39 is 12.0 Å². The summed E-state index contributed by atoms with van der Waals surface area (Å²) in [5.41, 5.74) is 2.75. The van der Waals surface area contributed by atoms with Gasteiger partial charge in [-0.05, 0) is 37.1 Å². The van der Waals surface area contributed by atoms with Crippen molar-refractivity contribution in [2.24, 2.45) is 0 Å². The van der Waals surface area contributed by atoms with Crippen molar-refractivity contribution in [1.82, 2.24) is 25.1 Å². The third-order valence-corrected chi connectivity index (χ3v) is 5.31. The second-order valence-electron chi connectivity index (χ2n) is 7.32. The average molecular weight is 417 g/mol. The number of H-pyrrole nitrogens is 2. The first-order chi connectivity index (χ1) is 15.1. The van der Waals surface area contributed by atoms with Crippen LogP contribution in [-0.4, -0.2) is 54.7 Å². The molecule has 0 aliphatic carbocycles. The third kappa shape index (κ3) is 3.59. The monoisotopic (exact) mass is 417 g/mol. The van der Waals surface area contributed by atoms with E-state index in [0.29, 0.717) is 41.7 Å². The molecule has 3 aromatic heterocycles. The fourth-order valence-electron chi connectivity index (χ4n) is 3.76. The van der Waals surface area contributed by atoms with Crippen molar-refractivity contribution >= 4 is 34.5 Å². The lowest BCUT2D eigenvalue weighted by Crippen LogP contribution is -2.36. The van der Waals surface area contributed by atoms with Crippen molar-refractivity contribution in [3.05, 3.63) is 54.2 Å². The van der Waals surface area contributed by atoms with E-state index in [1.807, 2.05) is 24.3 Å². The summed E-state index contributed by atoms with van der Waals surface area (Å²) < 4.78 is 0. The third-order valence-electron chi connectivity index (χ3n) is 5.31. The Morgan fingerprint density at radius 1 is 1.19 bits per heavy atom. The van der Waals surface area contributed by atoms with Gasteiger partial charge in [-0.1, -0.05) is 12.1 Å². The first-order valence-electron chi connectivity index (χ1n) is 9.86. The predicted molar refractivity (Wildman–Crippen MR) is 114 cm³/mol. The van der Waals surface area contributed by atoms with Crippen LogP contribution in [0.3, 0.4) is 0 Å². The molecule has 4 N–H and O–H groups in total. The normalized spacial score (nSPS) is 16.0. The fourth-order valence-corrected chi connectivity index (χ4v) is 3.76. The van der Waals surface area contributed by atoms with E-state index in [-0.39, 0.29) is 5.91 Å². The second-order valence-corrected chi connectivity index (χ2v) is 7.32. The summed E-state index contributed by atoms with van der Waals surface area (Å²) in [6.07, 6.45) is 2.83. The summed E-state index contributed by atoms with van der Waals surface area (Å²) in [6.45, 7) is 0.632. The first kappa shape index (κ1) is 18.8. The summed E-state index contributed by atoms with van der Waals surface area (Å²) in [6, 6.07) is 12.1. The zero-order valence-electron chi connectivity index (χ0n) is 16.4. The minimum absolute atomic E-state index is 0.350. The van der Waals surface area contributed by atoms with Crippen LogP contribution in [0, 0.1) is 0 Å². The Morgan fingerprint density at radius 3 is 2.84 bits per heavy atom. The Bertz CT molecular complexity index is 1230. The number of carbonyl (C=O) groups is 2. The van der Waals surface area contributed by atoms with Gasteiger partial charge in [0.25, 0.3) is 5.91 Å². The number of carbonyl (C=O) groups excluding carboxylic acids is 1. The lowest BCUT2D eigenvalue weighted by Gasteiger charge is -2.22. The summed E-state index contributed by atoms with van der Waals surface area (Å²) in [5.74, 6) is 0.306. The molecular weight excluding hydrogens is 398 g/mol. The second kappa shape index (κ2) is 7.56. The molecule has 10 nitrogen and oxygen atoms in total. The van der Waals surface area contributed by atoms with Gasteiger partial charge in [0.05, 0.1) is 16.6 Å². The number of nitrogens with zero attached hydrogens (tertiary/aromatic N) is 4. The predicted octanol–water partition coefficient (Wildman–Crippen LogP) is 2.65. The topological polar surface area (TPSA) is 140 Å². The van der Waals surface area contributed by atoms with Crippen molar-refractivity contribution in [1.29, 1.82) is 0 Å². The van der Waals surface area contributed by atoms with E-state index in [2.05, 4.69) is 30.5 Å². The van der Waals surface area contributed by atoms with Crippen molar-refractivity contribution in [3.8, 4) is 11.5 Å². The number of pyridine rings is 1. The molecule has 1 aliphatic rings. The SMILES string of the molecule is O=C(Nc1cc(-c2nc3ccccc3[nH]2)[nH]n1)c1ccc(N2CCC[C@H]2C(=O)O)nc1. The number of amides is 1. The molecule has 1 saturated heterocycles. The molecule has 4 heterocycles. The molecule has 156 valence electrons. The number of aromatic amines is 2. The number of fused-ring (bicyclic) bond motifs is 1. The van der Waals surface area contributed by atoms with Gasteiger partial charge in [-0.15, -0.1) is 0 Å². The molecule has 0 spiro atoms. The number of aromatic nitrogens is 5. The molecule has 4 aromatic rings. The number of benzene rings is 1. The number of carboxylic acid groups (broad SMARTS) is 1. The number of hydrogen-bond acceptors (Lipinski definition) is 6. The summed E-state index contributed by atoms with van der Waals surface area (Å²) >= 11 is 0. The van der Waals surface area contributed by atoms with Gasteiger partial charge in [-0.25, -0.2) is 14.8 Å². The zero-order chi connectivity index (χ0) is 21.4. The van der Waals surface area contributed by atoms with Crippen LogP contribution in [0.2, 0.25) is 0 Å². The Morgan fingerprint density at radius 2 is 2.06 bits per heavy atom. The highest BCUT2D eigenvalue weighted by Gasteiger charge is 2.31. The van der Waals surface area contributed by atoms with E-state index in [0.717, 1.165) is 17.5 Å². The van der Waals surface area contributed by atoms with Gasteiger partial charge >= 0.3 is 5.97 Å². The smallest absolute Gasteiger partial charge is 0.326 e. The molecule has 1 aromatic carbocycles. The molecule has 0 radical (unpaired) electrons. The number of hydrogen-bond donors (Lipinski definition) is 4. The largest absolute Gasteiger partial charge is 0.480 e. The maximum atomic E-state index is 12.6. The molecule has 0 saturated carbocycles. The molecule has 31 heavy (non-hydrogen) atoms. The van der Waals surface area contributed by atoms with Crippen molar-refractivity contribution in [2.75, 3.05) is 16.8 Å². The maximum Gasteiger partial charge on any atom is 0.326 e. The standard InChI is InChI=1S/C21H19N7O3/c29-20(12-7-8-18(22-11-12)28-9-3-6-16(28)21(30)31)25-17-10-15(26-27-17)19-23-13-4-1-2-5-14(13)24-19/h1-2,4-5,7-8,10-11,16H,3,6,9H2,(H,23,24)(H,30,31)(H2,25,26,27,29)/t16-/m0/s1. The number of para-hydroxylation sites is 2. The van der Waals surface area contributed by atoms with Crippen LogP contribution in [0.5, 0.6) is 0 Å². The van der Waals surface area contributed by atoms with Crippen LogP contribution in [0.15, 0.2) is 48.7 Å². The molecule has 0 bridgehead atoms. The van der Waals surface area contributed by atoms with Crippen LogP contribution >= 0.6 is 0 Å². The minimum Gasteiger partial charge on any atom is -0.480 e. The number of anilines is 2. The first-order valence-corrected chi connectivity index (χ1v) is 9.86. The minimum atomic E-state index is -0.861. The lowest BCUT2D eigenvalue weighted by atomic mass is 10.2. The summed E-state index contributed by atoms with van der Waals surface area (Å²) in [7, 11) is 0. The molecule has 1 aliphatic heterocycles. The molecule has 1 fully saturated rings. The highest BCUT2D eigenvalue weighted by Crippen LogP contribution is 2.24. The molecule has 0 unspecified atom stereocenters. The molecular formula is C21H19N7O3. The van der Waals surface area contributed by atoms with Gasteiger partial charge in [-0.3, -0.25) is 9.89 Å². The number of rotatable bonds is 5. The Hall–Kier alpha value is -4.21. The van der Waals surface area contributed by atoms with E-state index in [4.69, 9.17) is 0 Å². The van der Waals surface area contributed by atoms with Crippen LogP contribution in [0.4, 0.5) is 11.6 Å². The lowest BCUT2D eigenvalue weighted by molar-refractivity contribution is -0.138. The quantitative estimate of drug-likeness (QED) is 0.391. The number of imidazole rings is 1. The molecule has 5 rings (SSSR count). The highest BCUT2D eigenvalue weighted by atomic mass is 16.4. The Balaban J connectivity index is 1.29. The Labute approximate surface area is 176 Å². The van der Waals surface area contributed by atoms with E-state index >= 15 is 0 Å². The van der Waals surface area contributed by atoms with Gasteiger partial charge in [0.15, 0.2) is 11.6 Å². The maximum absolute atomic E-state index is 12.6. The van der Waals surface area contributed by atoms with Crippen LogP contribution in [0.1, 0.15) is 23.2 Å². The number of aliphatic carboxylic acids is 1. The van der Waals surface area contributed by atoms with Gasteiger partial charge in [0.2, 0.25) is 0 Å².